The molecular formula is C32H39N5O3. The zero-order valence-corrected chi connectivity index (χ0v) is 23.6. The van der Waals surface area contributed by atoms with Gasteiger partial charge in [0.1, 0.15) is 5.75 Å². The van der Waals surface area contributed by atoms with E-state index in [4.69, 9.17) is 4.74 Å². The number of anilines is 4. The zero-order chi connectivity index (χ0) is 28.1. The van der Waals surface area contributed by atoms with Crippen molar-refractivity contribution < 1.29 is 14.3 Å². The molecule has 1 saturated heterocycles. The molecule has 0 radical (unpaired) electrons. The Morgan fingerprint density at radius 1 is 0.850 bits per heavy atom. The highest BCUT2D eigenvalue weighted by Crippen LogP contribution is 2.27. The lowest BCUT2D eigenvalue weighted by molar-refractivity contribution is 0.0745. The lowest BCUT2D eigenvalue weighted by atomic mass is 10.1. The fourth-order valence-corrected chi connectivity index (χ4v) is 5.44. The van der Waals surface area contributed by atoms with Crippen LogP contribution in [0, 0.1) is 0 Å². The van der Waals surface area contributed by atoms with Gasteiger partial charge in [-0.2, -0.15) is 0 Å². The van der Waals surface area contributed by atoms with Gasteiger partial charge < -0.3 is 30.1 Å². The van der Waals surface area contributed by atoms with E-state index in [0.29, 0.717) is 23.0 Å². The molecule has 1 atom stereocenters. The molecule has 1 aliphatic carbocycles. The lowest BCUT2D eigenvalue weighted by Gasteiger charge is -2.26. The Labute approximate surface area is 236 Å². The normalized spacial score (nSPS) is 17.0. The number of carbonyl (C=O) groups excluding carboxylic acids is 2. The predicted molar refractivity (Wildman–Crippen MR) is 162 cm³/mol. The first-order valence-corrected chi connectivity index (χ1v) is 14.1. The third-order valence-electron chi connectivity index (χ3n) is 7.85. The minimum Gasteiger partial charge on any atom is -0.490 e. The average molecular weight is 542 g/mol. The number of ether oxygens (including phenoxy) is 1. The van der Waals surface area contributed by atoms with Crippen molar-refractivity contribution in [3.8, 4) is 5.75 Å². The summed E-state index contributed by atoms with van der Waals surface area (Å²) in [6, 6.07) is 22.9. The minimum absolute atomic E-state index is 0.0390. The minimum atomic E-state index is -0.295. The predicted octanol–water partition coefficient (Wildman–Crippen LogP) is 6.07. The van der Waals surface area contributed by atoms with Crippen molar-refractivity contribution in [2.75, 3.05) is 54.7 Å². The number of hydrogen-bond donors (Lipinski definition) is 2. The number of benzene rings is 3. The van der Waals surface area contributed by atoms with E-state index >= 15 is 0 Å². The van der Waals surface area contributed by atoms with Crippen LogP contribution in [0.1, 0.15) is 42.5 Å². The molecule has 3 aromatic carbocycles. The molecule has 1 aliphatic heterocycles. The molecule has 0 bridgehead atoms. The van der Waals surface area contributed by atoms with Crippen molar-refractivity contribution in [1.82, 2.24) is 4.90 Å². The molecule has 8 heteroatoms. The third-order valence-corrected chi connectivity index (χ3v) is 7.85. The van der Waals surface area contributed by atoms with Gasteiger partial charge in [0.2, 0.25) is 0 Å². The summed E-state index contributed by atoms with van der Waals surface area (Å²) in [7, 11) is 5.84. The van der Waals surface area contributed by atoms with Crippen molar-refractivity contribution in [2.45, 2.75) is 44.2 Å². The molecule has 0 spiro atoms. The molecule has 2 N–H and O–H groups in total. The van der Waals surface area contributed by atoms with Gasteiger partial charge in [0, 0.05) is 62.5 Å². The molecule has 0 aromatic heterocycles. The number of urea groups is 1. The number of carbonyl (C=O) groups is 2. The quantitative estimate of drug-likeness (QED) is 0.362. The molecule has 210 valence electrons. The fraction of sp³-hybridized carbons (Fsp3) is 0.375. The first-order valence-electron chi connectivity index (χ1n) is 14.1. The van der Waals surface area contributed by atoms with Gasteiger partial charge >= 0.3 is 6.03 Å². The van der Waals surface area contributed by atoms with Crippen LogP contribution in [0.25, 0.3) is 0 Å². The monoisotopic (exact) mass is 541 g/mol. The van der Waals surface area contributed by atoms with Crippen LogP contribution in [0.5, 0.6) is 5.75 Å². The topological polar surface area (TPSA) is 77.2 Å². The molecule has 3 amide bonds. The van der Waals surface area contributed by atoms with Crippen molar-refractivity contribution >= 4 is 34.7 Å². The van der Waals surface area contributed by atoms with Crippen LogP contribution in [0.15, 0.2) is 72.8 Å². The Morgan fingerprint density at radius 3 is 2.15 bits per heavy atom. The standard InChI is InChI=1S/C32H39N5O3/c1-35(2)27-8-6-7-23(21-27)31(38)36(3)28-19-20-37(22-28)26-15-11-24(12-16-26)33-32(39)34-25-13-17-30(18-14-25)40-29-9-4-5-10-29/h6-8,11-18,21,28-29H,4-5,9-10,19-20,22H2,1-3H3,(H2,33,34,39). The van der Waals surface area contributed by atoms with Crippen LogP contribution >= 0.6 is 0 Å². The summed E-state index contributed by atoms with van der Waals surface area (Å²) >= 11 is 0. The van der Waals surface area contributed by atoms with Crippen LogP contribution in [-0.4, -0.2) is 63.2 Å². The van der Waals surface area contributed by atoms with Gasteiger partial charge in [-0.15, -0.1) is 0 Å². The average Bonchev–Trinajstić information content (AvgIpc) is 3.67. The largest absolute Gasteiger partial charge is 0.490 e. The Kier molecular flexibility index (Phi) is 8.43. The summed E-state index contributed by atoms with van der Waals surface area (Å²) in [5.74, 6) is 0.878. The molecular weight excluding hydrogens is 502 g/mol. The molecule has 2 aliphatic rings. The third kappa shape index (κ3) is 6.68. The van der Waals surface area contributed by atoms with E-state index < -0.39 is 0 Å². The highest BCUT2D eigenvalue weighted by molar-refractivity contribution is 6.00. The van der Waals surface area contributed by atoms with Gasteiger partial charge in [-0.05, 0) is 98.8 Å². The Bertz CT molecular complexity index is 1300. The van der Waals surface area contributed by atoms with E-state index in [1.807, 2.05) is 104 Å². The smallest absolute Gasteiger partial charge is 0.323 e. The number of nitrogens with one attached hydrogen (secondary N) is 2. The second kappa shape index (κ2) is 12.3. The molecule has 40 heavy (non-hydrogen) atoms. The Morgan fingerprint density at radius 2 is 1.50 bits per heavy atom. The number of nitrogens with zero attached hydrogens (tertiary/aromatic N) is 3. The summed E-state index contributed by atoms with van der Waals surface area (Å²) in [6.07, 6.45) is 5.91. The molecule has 1 saturated carbocycles. The van der Waals surface area contributed by atoms with E-state index in [0.717, 1.165) is 49.5 Å². The van der Waals surface area contributed by atoms with Crippen molar-refractivity contribution in [1.29, 1.82) is 0 Å². The number of hydrogen-bond acceptors (Lipinski definition) is 5. The molecule has 1 heterocycles. The van der Waals surface area contributed by atoms with Gasteiger partial charge in [-0.1, -0.05) is 6.07 Å². The second-order valence-corrected chi connectivity index (χ2v) is 10.9. The van der Waals surface area contributed by atoms with Gasteiger partial charge in [0.15, 0.2) is 0 Å². The summed E-state index contributed by atoms with van der Waals surface area (Å²) in [6.45, 7) is 1.64. The van der Waals surface area contributed by atoms with Crippen LogP contribution in [0.3, 0.4) is 0 Å². The SMILES string of the molecule is CN(C)c1cccc(C(=O)N(C)C2CCN(c3ccc(NC(=O)Nc4ccc(OC5CCCC5)cc4)cc3)C2)c1. The Balaban J connectivity index is 1.11. The van der Waals surface area contributed by atoms with E-state index in [9.17, 15) is 9.59 Å². The van der Waals surface area contributed by atoms with E-state index in [1.165, 1.54) is 12.8 Å². The van der Waals surface area contributed by atoms with Gasteiger partial charge in [0.25, 0.3) is 5.91 Å². The van der Waals surface area contributed by atoms with Gasteiger partial charge in [-0.25, -0.2) is 4.79 Å². The fourth-order valence-electron chi connectivity index (χ4n) is 5.44. The zero-order valence-electron chi connectivity index (χ0n) is 23.6. The Hall–Kier alpha value is -4.20. The van der Waals surface area contributed by atoms with E-state index in [1.54, 1.807) is 0 Å². The van der Waals surface area contributed by atoms with Crippen molar-refractivity contribution in [2.24, 2.45) is 0 Å². The molecule has 8 nitrogen and oxygen atoms in total. The summed E-state index contributed by atoms with van der Waals surface area (Å²) < 4.78 is 5.99. The maximum atomic E-state index is 13.2. The highest BCUT2D eigenvalue weighted by atomic mass is 16.5. The first kappa shape index (κ1) is 27.4. The molecule has 2 fully saturated rings. The highest BCUT2D eigenvalue weighted by Gasteiger charge is 2.29. The number of amides is 3. The van der Waals surface area contributed by atoms with Crippen LogP contribution in [0.4, 0.5) is 27.5 Å². The van der Waals surface area contributed by atoms with E-state index in [-0.39, 0.29) is 18.0 Å². The van der Waals surface area contributed by atoms with Crippen LogP contribution < -0.4 is 25.2 Å². The van der Waals surface area contributed by atoms with E-state index in [2.05, 4.69) is 15.5 Å². The van der Waals surface area contributed by atoms with Crippen molar-refractivity contribution in [3.63, 3.8) is 0 Å². The summed E-state index contributed by atoms with van der Waals surface area (Å²) in [5.41, 5.74) is 4.21. The number of rotatable bonds is 8. The van der Waals surface area contributed by atoms with Crippen molar-refractivity contribution in [3.05, 3.63) is 78.4 Å². The first-order chi connectivity index (χ1) is 19.4. The molecule has 5 rings (SSSR count). The maximum absolute atomic E-state index is 13.2. The molecule has 3 aromatic rings. The lowest BCUT2D eigenvalue weighted by Crippen LogP contribution is -2.39. The summed E-state index contributed by atoms with van der Waals surface area (Å²) in [5, 5.41) is 5.77. The van der Waals surface area contributed by atoms with Crippen LogP contribution in [0.2, 0.25) is 0 Å². The maximum Gasteiger partial charge on any atom is 0.323 e. The molecule has 1 unspecified atom stereocenters. The second-order valence-electron chi connectivity index (χ2n) is 10.9. The number of likely N-dealkylation sites (N-methyl/N-ethyl adjacent to an activating group) is 1. The summed E-state index contributed by atoms with van der Waals surface area (Å²) in [4.78, 5) is 31.8. The van der Waals surface area contributed by atoms with Gasteiger partial charge in [-0.3, -0.25) is 4.79 Å². The van der Waals surface area contributed by atoms with Gasteiger partial charge in [0.05, 0.1) is 12.1 Å². The van der Waals surface area contributed by atoms with Crippen LogP contribution in [-0.2, 0) is 0 Å².